The highest BCUT2D eigenvalue weighted by Gasteiger charge is 2.27. The molecule has 1 fully saturated rings. The number of benzene rings is 2. The largest absolute Gasteiger partial charge is 0.497 e. The molecule has 9 nitrogen and oxygen atoms in total. The Kier molecular flexibility index (Phi) is 7.42. The summed E-state index contributed by atoms with van der Waals surface area (Å²) in [5.74, 6) is 1.00. The predicted molar refractivity (Wildman–Crippen MR) is 119 cm³/mol. The number of hydrogen-bond acceptors (Lipinski definition) is 7. The summed E-state index contributed by atoms with van der Waals surface area (Å²) in [6.45, 7) is 1.61. The van der Waals surface area contributed by atoms with Gasteiger partial charge in [-0.05, 0) is 48.5 Å². The third kappa shape index (κ3) is 5.88. The van der Waals surface area contributed by atoms with Gasteiger partial charge in [-0.1, -0.05) is 0 Å². The lowest BCUT2D eigenvalue weighted by Gasteiger charge is -2.35. The molecule has 31 heavy (non-hydrogen) atoms. The van der Waals surface area contributed by atoms with E-state index in [0.717, 1.165) is 11.4 Å². The van der Waals surface area contributed by atoms with E-state index in [1.54, 1.807) is 7.11 Å². The summed E-state index contributed by atoms with van der Waals surface area (Å²) < 4.78 is 64.0. The number of nitrogens with one attached hydrogen (secondary N) is 1. The summed E-state index contributed by atoms with van der Waals surface area (Å²) in [7, 11) is -4.27. The van der Waals surface area contributed by atoms with Crippen LogP contribution in [0.15, 0.2) is 53.4 Å². The molecule has 0 amide bonds. The minimum Gasteiger partial charge on any atom is -0.497 e. The van der Waals surface area contributed by atoms with Gasteiger partial charge in [0.1, 0.15) is 11.5 Å². The monoisotopic (exact) mass is 469 g/mol. The molecule has 2 aromatic rings. The van der Waals surface area contributed by atoms with Crippen molar-refractivity contribution in [2.75, 3.05) is 57.6 Å². The second-order valence-corrected chi connectivity index (χ2v) is 10.8. The van der Waals surface area contributed by atoms with Crippen LogP contribution in [0.2, 0.25) is 0 Å². The molecule has 11 heteroatoms. The van der Waals surface area contributed by atoms with Crippen LogP contribution in [0.4, 0.5) is 5.69 Å². The van der Waals surface area contributed by atoms with Crippen molar-refractivity contribution in [1.29, 1.82) is 0 Å². The SMILES string of the molecule is COc1ccc(N2CCN(S(=O)(=O)CCNS(=O)(=O)c3ccc(OC)cc3)CC2)cc1. The molecule has 0 atom stereocenters. The second kappa shape index (κ2) is 9.86. The van der Waals surface area contributed by atoms with Gasteiger partial charge in [0, 0.05) is 38.4 Å². The van der Waals surface area contributed by atoms with Gasteiger partial charge in [-0.25, -0.2) is 21.6 Å². The van der Waals surface area contributed by atoms with E-state index in [2.05, 4.69) is 9.62 Å². The maximum Gasteiger partial charge on any atom is 0.240 e. The predicted octanol–water partition coefficient (Wildman–Crippen LogP) is 1.13. The summed E-state index contributed by atoms with van der Waals surface area (Å²) in [6.07, 6.45) is 0. The summed E-state index contributed by atoms with van der Waals surface area (Å²) in [5, 5.41) is 0. The topological polar surface area (TPSA) is 105 Å². The average Bonchev–Trinajstić information content (AvgIpc) is 2.79. The summed E-state index contributed by atoms with van der Waals surface area (Å²) >= 11 is 0. The third-order valence-electron chi connectivity index (χ3n) is 5.09. The lowest BCUT2D eigenvalue weighted by atomic mass is 10.2. The van der Waals surface area contributed by atoms with Crippen LogP contribution in [0.25, 0.3) is 0 Å². The zero-order valence-corrected chi connectivity index (χ0v) is 19.2. The zero-order valence-electron chi connectivity index (χ0n) is 17.5. The van der Waals surface area contributed by atoms with E-state index in [9.17, 15) is 16.8 Å². The van der Waals surface area contributed by atoms with Gasteiger partial charge in [-0.3, -0.25) is 0 Å². The molecule has 0 aromatic heterocycles. The lowest BCUT2D eigenvalue weighted by molar-refractivity contribution is 0.384. The molecule has 3 rings (SSSR count). The van der Waals surface area contributed by atoms with Gasteiger partial charge in [0.2, 0.25) is 20.0 Å². The van der Waals surface area contributed by atoms with Crippen LogP contribution in [0.1, 0.15) is 0 Å². The summed E-state index contributed by atoms with van der Waals surface area (Å²) in [4.78, 5) is 2.16. The van der Waals surface area contributed by atoms with Gasteiger partial charge in [0.15, 0.2) is 0 Å². The Balaban J connectivity index is 1.51. The Morgan fingerprint density at radius 3 is 1.84 bits per heavy atom. The number of methoxy groups -OCH3 is 2. The van der Waals surface area contributed by atoms with Crippen LogP contribution in [0, 0.1) is 0 Å². The van der Waals surface area contributed by atoms with Gasteiger partial charge in [-0.2, -0.15) is 4.31 Å². The molecule has 1 heterocycles. The smallest absolute Gasteiger partial charge is 0.240 e. The first-order valence-electron chi connectivity index (χ1n) is 9.76. The van der Waals surface area contributed by atoms with Crippen LogP contribution in [0.5, 0.6) is 11.5 Å². The molecule has 1 aliphatic rings. The van der Waals surface area contributed by atoms with Crippen molar-refractivity contribution in [2.45, 2.75) is 4.90 Å². The van der Waals surface area contributed by atoms with Crippen molar-refractivity contribution >= 4 is 25.7 Å². The molecule has 0 unspecified atom stereocenters. The standard InChI is InChI=1S/C20H27N3O6S2/c1-28-18-5-3-17(4-6-18)22-12-14-23(15-13-22)30(24,25)16-11-21-31(26,27)20-9-7-19(29-2)8-10-20/h3-10,21H,11-16H2,1-2H3. The van der Waals surface area contributed by atoms with Crippen molar-refractivity contribution in [3.8, 4) is 11.5 Å². The molecular formula is C20H27N3O6S2. The average molecular weight is 470 g/mol. The Bertz CT molecular complexity index is 1060. The number of rotatable bonds is 9. The molecule has 0 saturated carbocycles. The number of piperazine rings is 1. The van der Waals surface area contributed by atoms with Crippen molar-refractivity contribution in [3.05, 3.63) is 48.5 Å². The van der Waals surface area contributed by atoms with Gasteiger partial charge >= 0.3 is 0 Å². The molecular weight excluding hydrogens is 442 g/mol. The van der Waals surface area contributed by atoms with Crippen LogP contribution >= 0.6 is 0 Å². The molecule has 0 radical (unpaired) electrons. The highest BCUT2D eigenvalue weighted by molar-refractivity contribution is 7.90. The minimum atomic E-state index is -3.80. The number of ether oxygens (including phenoxy) is 2. The summed E-state index contributed by atoms with van der Waals surface area (Å²) in [6, 6.07) is 13.5. The van der Waals surface area contributed by atoms with E-state index >= 15 is 0 Å². The Morgan fingerprint density at radius 1 is 0.806 bits per heavy atom. The van der Waals surface area contributed by atoms with Gasteiger partial charge in [0.05, 0.1) is 24.9 Å². The van der Waals surface area contributed by atoms with Gasteiger partial charge in [0.25, 0.3) is 0 Å². The quantitative estimate of drug-likeness (QED) is 0.587. The Hall–Kier alpha value is -2.34. The van der Waals surface area contributed by atoms with Crippen molar-refractivity contribution in [2.24, 2.45) is 0 Å². The molecule has 1 N–H and O–H groups in total. The van der Waals surface area contributed by atoms with Gasteiger partial charge < -0.3 is 14.4 Å². The van der Waals surface area contributed by atoms with E-state index in [4.69, 9.17) is 9.47 Å². The van der Waals surface area contributed by atoms with Gasteiger partial charge in [-0.15, -0.1) is 0 Å². The molecule has 2 aromatic carbocycles. The molecule has 170 valence electrons. The van der Waals surface area contributed by atoms with E-state index in [1.807, 2.05) is 24.3 Å². The van der Waals surface area contributed by atoms with E-state index in [0.29, 0.717) is 31.9 Å². The van der Waals surface area contributed by atoms with Crippen molar-refractivity contribution < 1.29 is 26.3 Å². The first kappa shape index (κ1) is 23.3. The number of hydrogen-bond donors (Lipinski definition) is 1. The molecule has 0 bridgehead atoms. The molecule has 1 aliphatic heterocycles. The molecule has 0 aliphatic carbocycles. The highest BCUT2D eigenvalue weighted by atomic mass is 32.2. The Labute approximate surface area is 183 Å². The maximum absolute atomic E-state index is 12.7. The van der Waals surface area contributed by atoms with Crippen LogP contribution in [-0.2, 0) is 20.0 Å². The summed E-state index contributed by atoms with van der Waals surface area (Å²) in [5.41, 5.74) is 1.00. The fourth-order valence-corrected chi connectivity index (χ4v) is 5.79. The van der Waals surface area contributed by atoms with Crippen LogP contribution in [0.3, 0.4) is 0 Å². The maximum atomic E-state index is 12.7. The first-order chi connectivity index (χ1) is 14.7. The number of nitrogens with zero attached hydrogens (tertiary/aromatic N) is 2. The van der Waals surface area contributed by atoms with E-state index in [-0.39, 0.29) is 17.2 Å². The highest BCUT2D eigenvalue weighted by Crippen LogP contribution is 2.21. The fourth-order valence-electron chi connectivity index (χ4n) is 3.29. The zero-order chi connectivity index (χ0) is 22.5. The number of sulfonamides is 2. The molecule has 0 spiro atoms. The van der Waals surface area contributed by atoms with Crippen molar-refractivity contribution in [3.63, 3.8) is 0 Å². The normalized spacial score (nSPS) is 15.6. The minimum absolute atomic E-state index is 0.0544. The van der Waals surface area contributed by atoms with Crippen LogP contribution < -0.4 is 19.1 Å². The number of anilines is 1. The van der Waals surface area contributed by atoms with E-state index in [1.165, 1.54) is 35.7 Å². The van der Waals surface area contributed by atoms with Crippen LogP contribution in [-0.4, -0.2) is 73.8 Å². The fraction of sp³-hybridized carbons (Fsp3) is 0.400. The van der Waals surface area contributed by atoms with E-state index < -0.39 is 20.0 Å². The second-order valence-electron chi connectivity index (χ2n) is 6.97. The van der Waals surface area contributed by atoms with Crippen molar-refractivity contribution in [1.82, 2.24) is 9.03 Å². The third-order valence-corrected chi connectivity index (χ3v) is 8.44. The molecule has 1 saturated heterocycles. The first-order valence-corrected chi connectivity index (χ1v) is 12.8. The lowest BCUT2D eigenvalue weighted by Crippen LogP contribution is -2.50. The Morgan fingerprint density at radius 2 is 1.32 bits per heavy atom.